The largest absolute Gasteiger partial charge is 0.463 e. The lowest BCUT2D eigenvalue weighted by molar-refractivity contribution is -0.139. The summed E-state index contributed by atoms with van der Waals surface area (Å²) in [5, 5.41) is 4.62. The fourth-order valence-corrected chi connectivity index (χ4v) is 4.82. The number of urea groups is 1. The van der Waals surface area contributed by atoms with E-state index in [1.54, 1.807) is 44.2 Å². The van der Waals surface area contributed by atoms with Gasteiger partial charge >= 0.3 is 18.0 Å². The molecule has 5 rings (SSSR count). The highest BCUT2D eigenvalue weighted by Gasteiger charge is 2.39. The zero-order valence-corrected chi connectivity index (χ0v) is 21.7. The molecule has 1 atom stereocenters. The summed E-state index contributed by atoms with van der Waals surface area (Å²) in [4.78, 5) is 41.5. The van der Waals surface area contributed by atoms with Crippen molar-refractivity contribution in [2.75, 3.05) is 6.61 Å². The van der Waals surface area contributed by atoms with Gasteiger partial charge in [-0.3, -0.25) is 4.90 Å². The summed E-state index contributed by atoms with van der Waals surface area (Å²) in [5.41, 5.74) is 2.56. The van der Waals surface area contributed by atoms with Gasteiger partial charge in [0.15, 0.2) is 0 Å². The molecule has 4 aromatic rings. The van der Waals surface area contributed by atoms with E-state index in [-0.39, 0.29) is 30.5 Å². The van der Waals surface area contributed by atoms with Crippen molar-refractivity contribution in [2.24, 2.45) is 0 Å². The van der Waals surface area contributed by atoms with Gasteiger partial charge in [0.2, 0.25) is 0 Å². The molecule has 0 aliphatic carbocycles. The van der Waals surface area contributed by atoms with Gasteiger partial charge in [-0.1, -0.05) is 78.9 Å². The molecule has 1 aliphatic rings. The zero-order valence-electron chi connectivity index (χ0n) is 21.7. The number of nitrogens with one attached hydrogen (secondary N) is 1. The Hall–Kier alpha value is -4.91. The van der Waals surface area contributed by atoms with Crippen LogP contribution in [0.5, 0.6) is 5.75 Å². The van der Waals surface area contributed by atoms with Gasteiger partial charge in [-0.15, -0.1) is 0 Å². The third-order valence-corrected chi connectivity index (χ3v) is 6.71. The van der Waals surface area contributed by atoms with Crippen LogP contribution in [0.25, 0.3) is 10.8 Å². The maximum Gasteiger partial charge on any atom is 0.343 e. The Labute approximate surface area is 226 Å². The number of hydrogen-bond acceptors (Lipinski definition) is 5. The molecular weight excluding hydrogens is 492 g/mol. The molecule has 1 unspecified atom stereocenters. The number of carbonyl (C=O) groups is 3. The Bertz CT molecular complexity index is 1560. The topological polar surface area (TPSA) is 84.9 Å². The van der Waals surface area contributed by atoms with Crippen LogP contribution < -0.4 is 10.1 Å². The highest BCUT2D eigenvalue weighted by molar-refractivity contribution is 5.99. The first-order valence-corrected chi connectivity index (χ1v) is 12.8. The Morgan fingerprint density at radius 3 is 2.23 bits per heavy atom. The van der Waals surface area contributed by atoms with E-state index in [4.69, 9.17) is 9.47 Å². The second-order valence-electron chi connectivity index (χ2n) is 9.13. The van der Waals surface area contributed by atoms with Crippen LogP contribution in [0.3, 0.4) is 0 Å². The summed E-state index contributed by atoms with van der Waals surface area (Å²) in [6.07, 6.45) is 0. The number of benzene rings is 4. The molecule has 0 radical (unpaired) electrons. The Morgan fingerprint density at radius 1 is 0.846 bits per heavy atom. The van der Waals surface area contributed by atoms with Crippen LogP contribution in [0.4, 0.5) is 4.79 Å². The summed E-state index contributed by atoms with van der Waals surface area (Å²) in [6, 6.07) is 28.0. The molecule has 0 aromatic heterocycles. The molecule has 196 valence electrons. The number of esters is 2. The highest BCUT2D eigenvalue weighted by atomic mass is 16.5. The standard InChI is InChI=1S/C32H28N2O5/c1-3-38-31(36)27-21(2)34(20-22-12-6-4-7-13-22)32(37)33-29(27)28-25-17-11-10-14-23(25)18-19-26(28)39-30(35)24-15-8-5-9-16-24/h4-19,29H,3,20H2,1-2H3,(H,33,37). The van der Waals surface area contributed by atoms with Crippen molar-refractivity contribution in [1.29, 1.82) is 0 Å². The second-order valence-corrected chi connectivity index (χ2v) is 9.13. The minimum absolute atomic E-state index is 0.167. The van der Waals surface area contributed by atoms with Gasteiger partial charge in [0, 0.05) is 11.3 Å². The molecule has 0 bridgehead atoms. The number of fused-ring (bicyclic) bond motifs is 1. The first-order chi connectivity index (χ1) is 19.0. The van der Waals surface area contributed by atoms with Crippen LogP contribution in [-0.2, 0) is 16.1 Å². The molecule has 1 aliphatic heterocycles. The maximum absolute atomic E-state index is 13.5. The molecule has 39 heavy (non-hydrogen) atoms. The SMILES string of the molecule is CCOC(=O)C1=C(C)N(Cc2ccccc2)C(=O)NC1c1c(OC(=O)c2ccccc2)ccc2ccccc12. The van der Waals surface area contributed by atoms with E-state index in [9.17, 15) is 14.4 Å². The Morgan fingerprint density at radius 2 is 1.51 bits per heavy atom. The van der Waals surface area contributed by atoms with Gasteiger partial charge in [0.25, 0.3) is 0 Å². The molecule has 2 amide bonds. The molecule has 0 saturated heterocycles. The molecule has 7 nitrogen and oxygen atoms in total. The summed E-state index contributed by atoms with van der Waals surface area (Å²) < 4.78 is 11.4. The first kappa shape index (κ1) is 25.7. The van der Waals surface area contributed by atoms with Crippen molar-refractivity contribution in [3.8, 4) is 5.75 Å². The highest BCUT2D eigenvalue weighted by Crippen LogP contribution is 2.41. The van der Waals surface area contributed by atoms with E-state index in [1.807, 2.05) is 66.7 Å². The molecule has 0 fully saturated rings. The number of hydrogen-bond donors (Lipinski definition) is 1. The van der Waals surface area contributed by atoms with Crippen LogP contribution in [0.1, 0.15) is 41.4 Å². The van der Waals surface area contributed by atoms with Gasteiger partial charge in [0.1, 0.15) is 5.75 Å². The normalized spacial score (nSPS) is 15.2. The van der Waals surface area contributed by atoms with E-state index in [2.05, 4.69) is 5.32 Å². The Kier molecular flexibility index (Phi) is 7.41. The lowest BCUT2D eigenvalue weighted by Crippen LogP contribution is -2.47. The average Bonchev–Trinajstić information content (AvgIpc) is 2.96. The number of ether oxygens (including phenoxy) is 2. The molecular formula is C32H28N2O5. The smallest absolute Gasteiger partial charge is 0.343 e. The van der Waals surface area contributed by atoms with Gasteiger partial charge in [-0.25, -0.2) is 14.4 Å². The maximum atomic E-state index is 13.5. The van der Waals surface area contributed by atoms with Crippen LogP contribution in [0.2, 0.25) is 0 Å². The summed E-state index contributed by atoms with van der Waals surface area (Å²) in [5.74, 6) is -0.844. The molecule has 7 heteroatoms. The van der Waals surface area contributed by atoms with Crippen molar-refractivity contribution in [3.63, 3.8) is 0 Å². The van der Waals surface area contributed by atoms with Crippen molar-refractivity contribution < 1.29 is 23.9 Å². The summed E-state index contributed by atoms with van der Waals surface area (Å²) in [7, 11) is 0. The predicted molar refractivity (Wildman–Crippen MR) is 148 cm³/mol. The number of amides is 2. The van der Waals surface area contributed by atoms with E-state index in [1.165, 1.54) is 4.90 Å². The third kappa shape index (κ3) is 5.25. The van der Waals surface area contributed by atoms with E-state index in [0.29, 0.717) is 16.8 Å². The molecule has 0 saturated carbocycles. The molecule has 1 N–H and O–H groups in total. The van der Waals surface area contributed by atoms with E-state index in [0.717, 1.165) is 16.3 Å². The average molecular weight is 521 g/mol. The van der Waals surface area contributed by atoms with Crippen LogP contribution in [0, 0.1) is 0 Å². The van der Waals surface area contributed by atoms with Crippen molar-refractivity contribution in [2.45, 2.75) is 26.4 Å². The van der Waals surface area contributed by atoms with E-state index >= 15 is 0 Å². The first-order valence-electron chi connectivity index (χ1n) is 12.8. The predicted octanol–water partition coefficient (Wildman–Crippen LogP) is 6.16. The van der Waals surface area contributed by atoms with Gasteiger partial charge < -0.3 is 14.8 Å². The van der Waals surface area contributed by atoms with E-state index < -0.39 is 18.0 Å². The van der Waals surface area contributed by atoms with Crippen molar-refractivity contribution >= 4 is 28.7 Å². The van der Waals surface area contributed by atoms with Gasteiger partial charge in [0.05, 0.1) is 30.3 Å². The van der Waals surface area contributed by atoms with Crippen molar-refractivity contribution in [1.82, 2.24) is 10.2 Å². The second kappa shape index (κ2) is 11.2. The molecule has 4 aromatic carbocycles. The fourth-order valence-electron chi connectivity index (χ4n) is 4.82. The van der Waals surface area contributed by atoms with Gasteiger partial charge in [-0.05, 0) is 48.4 Å². The van der Waals surface area contributed by atoms with Crippen LogP contribution in [-0.4, -0.2) is 29.5 Å². The van der Waals surface area contributed by atoms with Gasteiger partial charge in [-0.2, -0.15) is 0 Å². The van der Waals surface area contributed by atoms with Crippen LogP contribution >= 0.6 is 0 Å². The fraction of sp³-hybridized carbons (Fsp3) is 0.156. The molecule has 0 spiro atoms. The minimum Gasteiger partial charge on any atom is -0.463 e. The molecule has 1 heterocycles. The summed E-state index contributed by atoms with van der Waals surface area (Å²) in [6.45, 7) is 3.92. The minimum atomic E-state index is -0.909. The lowest BCUT2D eigenvalue weighted by Gasteiger charge is -2.36. The van der Waals surface area contributed by atoms with Crippen LogP contribution in [0.15, 0.2) is 108 Å². The number of rotatable bonds is 7. The van der Waals surface area contributed by atoms with Crippen molar-refractivity contribution in [3.05, 3.63) is 125 Å². The number of nitrogens with zero attached hydrogens (tertiary/aromatic N) is 1. The monoisotopic (exact) mass is 520 g/mol. The third-order valence-electron chi connectivity index (χ3n) is 6.71. The Balaban J connectivity index is 1.65. The summed E-state index contributed by atoms with van der Waals surface area (Å²) >= 11 is 0. The quantitative estimate of drug-likeness (QED) is 0.233. The zero-order chi connectivity index (χ0) is 27.4. The lowest BCUT2D eigenvalue weighted by atomic mass is 9.90. The number of allylic oxidation sites excluding steroid dienone is 1. The number of carbonyl (C=O) groups excluding carboxylic acids is 3.